The van der Waals surface area contributed by atoms with Gasteiger partial charge >= 0.3 is 0 Å². The van der Waals surface area contributed by atoms with Crippen molar-refractivity contribution in [3.8, 4) is 5.88 Å². The summed E-state index contributed by atoms with van der Waals surface area (Å²) in [4.78, 5) is 23.7. The SMILES string of the molecule is Cn1c(O)c(N=NC(=O)CNC(=O)c2cccc(F)c2)c2ccccc21. The molecule has 0 radical (unpaired) electrons. The number of amides is 2. The predicted octanol–water partition coefficient (Wildman–Crippen LogP) is 3.06. The summed E-state index contributed by atoms with van der Waals surface area (Å²) in [5, 5.41) is 20.4. The summed E-state index contributed by atoms with van der Waals surface area (Å²) in [5.74, 6) is -1.97. The molecule has 3 aromatic rings. The second-order valence-electron chi connectivity index (χ2n) is 5.54. The van der Waals surface area contributed by atoms with E-state index in [1.165, 1.54) is 22.8 Å². The van der Waals surface area contributed by atoms with Gasteiger partial charge < -0.3 is 15.0 Å². The standard InChI is InChI=1S/C18H15FN4O3/c1-23-14-8-3-2-7-13(14)16(18(23)26)22-21-15(24)10-20-17(25)11-5-4-6-12(19)9-11/h2-9,26H,10H2,1H3,(H,20,25). The van der Waals surface area contributed by atoms with Crippen LogP contribution >= 0.6 is 0 Å². The van der Waals surface area contributed by atoms with Crippen LogP contribution in [0, 0.1) is 5.82 Å². The van der Waals surface area contributed by atoms with Gasteiger partial charge in [-0.3, -0.25) is 9.59 Å². The molecule has 2 amide bonds. The van der Waals surface area contributed by atoms with Gasteiger partial charge in [0.2, 0.25) is 5.88 Å². The molecule has 3 rings (SSSR count). The molecule has 8 heteroatoms. The number of hydrogen-bond donors (Lipinski definition) is 2. The summed E-state index contributed by atoms with van der Waals surface area (Å²) >= 11 is 0. The Balaban J connectivity index is 1.69. The summed E-state index contributed by atoms with van der Waals surface area (Å²) in [7, 11) is 1.66. The Labute approximate surface area is 147 Å². The first-order chi connectivity index (χ1) is 12.5. The van der Waals surface area contributed by atoms with Crippen molar-refractivity contribution in [3.05, 3.63) is 59.9 Å². The molecule has 0 bridgehead atoms. The molecule has 0 atom stereocenters. The minimum absolute atomic E-state index is 0.0986. The number of nitrogens with one attached hydrogen (secondary N) is 1. The Bertz CT molecular complexity index is 1030. The Morgan fingerprint density at radius 3 is 2.73 bits per heavy atom. The van der Waals surface area contributed by atoms with Crippen molar-refractivity contribution in [3.63, 3.8) is 0 Å². The molecule has 132 valence electrons. The van der Waals surface area contributed by atoms with Crippen LogP contribution < -0.4 is 5.32 Å². The minimum atomic E-state index is -0.706. The molecule has 2 N–H and O–H groups in total. The van der Waals surface area contributed by atoms with Gasteiger partial charge in [0.15, 0.2) is 5.69 Å². The molecule has 26 heavy (non-hydrogen) atoms. The third-order valence-electron chi connectivity index (χ3n) is 3.80. The first-order valence-electron chi connectivity index (χ1n) is 7.72. The number of hydrogen-bond acceptors (Lipinski definition) is 4. The van der Waals surface area contributed by atoms with Crippen LogP contribution in [0.25, 0.3) is 10.9 Å². The first-order valence-corrected chi connectivity index (χ1v) is 7.72. The Kier molecular flexibility index (Phi) is 4.74. The van der Waals surface area contributed by atoms with Crippen LogP contribution in [0.4, 0.5) is 10.1 Å². The summed E-state index contributed by atoms with van der Waals surface area (Å²) in [5.41, 5.74) is 1.01. The zero-order valence-corrected chi connectivity index (χ0v) is 13.8. The number of azo groups is 1. The first kappa shape index (κ1) is 17.3. The molecule has 1 aromatic heterocycles. The van der Waals surface area contributed by atoms with E-state index in [1.807, 2.05) is 6.07 Å². The van der Waals surface area contributed by atoms with Crippen molar-refractivity contribution in [2.45, 2.75) is 0 Å². The summed E-state index contributed by atoms with van der Waals surface area (Å²) < 4.78 is 14.6. The maximum Gasteiger partial charge on any atom is 0.283 e. The van der Waals surface area contributed by atoms with Crippen LogP contribution in [0.15, 0.2) is 58.8 Å². The number of aromatic nitrogens is 1. The highest BCUT2D eigenvalue weighted by molar-refractivity contribution is 5.97. The fourth-order valence-corrected chi connectivity index (χ4v) is 2.49. The van der Waals surface area contributed by atoms with Gasteiger partial charge in [0.25, 0.3) is 11.8 Å². The lowest BCUT2D eigenvalue weighted by atomic mass is 10.2. The maximum absolute atomic E-state index is 13.1. The molecule has 2 aromatic carbocycles. The normalized spacial score (nSPS) is 11.2. The fraction of sp³-hybridized carbons (Fsp3) is 0.111. The number of para-hydroxylation sites is 1. The van der Waals surface area contributed by atoms with Crippen molar-refractivity contribution in [1.82, 2.24) is 9.88 Å². The third-order valence-corrected chi connectivity index (χ3v) is 3.80. The molecule has 0 aliphatic carbocycles. The monoisotopic (exact) mass is 354 g/mol. The zero-order valence-electron chi connectivity index (χ0n) is 13.8. The Hall–Kier alpha value is -3.55. The van der Waals surface area contributed by atoms with Gasteiger partial charge in [-0.2, -0.15) is 0 Å². The van der Waals surface area contributed by atoms with E-state index in [1.54, 1.807) is 25.2 Å². The van der Waals surface area contributed by atoms with Crippen molar-refractivity contribution in [1.29, 1.82) is 0 Å². The van der Waals surface area contributed by atoms with Crippen molar-refractivity contribution < 1.29 is 19.1 Å². The van der Waals surface area contributed by atoms with Crippen LogP contribution in [-0.4, -0.2) is 28.0 Å². The highest BCUT2D eigenvalue weighted by Gasteiger charge is 2.14. The highest BCUT2D eigenvalue weighted by Crippen LogP contribution is 2.37. The van der Waals surface area contributed by atoms with Gasteiger partial charge in [-0.05, 0) is 24.3 Å². The number of nitrogens with zero attached hydrogens (tertiary/aromatic N) is 3. The van der Waals surface area contributed by atoms with Gasteiger partial charge in [-0.15, -0.1) is 10.2 Å². The smallest absolute Gasteiger partial charge is 0.283 e. The second-order valence-corrected chi connectivity index (χ2v) is 5.54. The second kappa shape index (κ2) is 7.14. The number of fused-ring (bicyclic) bond motifs is 1. The van der Waals surface area contributed by atoms with E-state index in [2.05, 4.69) is 15.5 Å². The topological polar surface area (TPSA) is 96.0 Å². The van der Waals surface area contributed by atoms with Gasteiger partial charge in [0, 0.05) is 18.0 Å². The van der Waals surface area contributed by atoms with E-state index < -0.39 is 24.2 Å². The Morgan fingerprint density at radius 1 is 1.19 bits per heavy atom. The molecular formula is C18H15FN4O3. The number of aromatic hydroxyl groups is 1. The molecule has 0 saturated heterocycles. The fourth-order valence-electron chi connectivity index (χ4n) is 2.49. The molecule has 0 spiro atoms. The lowest BCUT2D eigenvalue weighted by Gasteiger charge is -2.02. The van der Waals surface area contributed by atoms with E-state index in [-0.39, 0.29) is 17.1 Å². The zero-order chi connectivity index (χ0) is 18.7. The van der Waals surface area contributed by atoms with Crippen LogP contribution in [-0.2, 0) is 11.8 Å². The molecular weight excluding hydrogens is 339 g/mol. The third kappa shape index (κ3) is 3.44. The highest BCUT2D eigenvalue weighted by atomic mass is 19.1. The van der Waals surface area contributed by atoms with E-state index in [0.29, 0.717) is 5.39 Å². The number of carbonyl (C=O) groups is 2. The number of aryl methyl sites for hydroxylation is 1. The minimum Gasteiger partial charge on any atom is -0.493 e. The van der Waals surface area contributed by atoms with Crippen molar-refractivity contribution in [2.24, 2.45) is 17.3 Å². The van der Waals surface area contributed by atoms with Gasteiger partial charge in [0.1, 0.15) is 12.4 Å². The molecule has 0 unspecified atom stereocenters. The Morgan fingerprint density at radius 2 is 1.96 bits per heavy atom. The van der Waals surface area contributed by atoms with E-state index in [4.69, 9.17) is 0 Å². The number of halogens is 1. The lowest BCUT2D eigenvalue weighted by molar-refractivity contribution is -0.117. The average Bonchev–Trinajstić information content (AvgIpc) is 2.89. The molecule has 1 heterocycles. The number of carbonyl (C=O) groups excluding carboxylic acids is 2. The van der Waals surface area contributed by atoms with Crippen LogP contribution in [0.2, 0.25) is 0 Å². The lowest BCUT2D eigenvalue weighted by Crippen LogP contribution is -2.28. The number of benzene rings is 2. The van der Waals surface area contributed by atoms with E-state index in [0.717, 1.165) is 11.6 Å². The van der Waals surface area contributed by atoms with E-state index in [9.17, 15) is 19.1 Å². The summed E-state index contributed by atoms with van der Waals surface area (Å²) in [6.07, 6.45) is 0. The van der Waals surface area contributed by atoms with Crippen molar-refractivity contribution >= 4 is 28.4 Å². The molecule has 0 aliphatic rings. The van der Waals surface area contributed by atoms with Crippen molar-refractivity contribution in [2.75, 3.05) is 6.54 Å². The maximum atomic E-state index is 13.1. The van der Waals surface area contributed by atoms with Gasteiger partial charge in [-0.25, -0.2) is 4.39 Å². The van der Waals surface area contributed by atoms with Crippen LogP contribution in [0.3, 0.4) is 0 Å². The molecule has 7 nitrogen and oxygen atoms in total. The quantitative estimate of drug-likeness (QED) is 0.705. The van der Waals surface area contributed by atoms with Crippen LogP contribution in [0.5, 0.6) is 5.88 Å². The number of rotatable bonds is 4. The summed E-state index contributed by atoms with van der Waals surface area (Å²) in [6.45, 7) is -0.398. The van der Waals surface area contributed by atoms with Gasteiger partial charge in [0.05, 0.1) is 5.52 Å². The van der Waals surface area contributed by atoms with Gasteiger partial charge in [-0.1, -0.05) is 24.3 Å². The molecule has 0 saturated carbocycles. The average molecular weight is 354 g/mol. The van der Waals surface area contributed by atoms with E-state index >= 15 is 0 Å². The molecule has 0 aliphatic heterocycles. The summed E-state index contributed by atoms with van der Waals surface area (Å²) in [6, 6.07) is 12.3. The van der Waals surface area contributed by atoms with Crippen LogP contribution in [0.1, 0.15) is 10.4 Å². The molecule has 0 fully saturated rings. The largest absolute Gasteiger partial charge is 0.493 e. The predicted molar refractivity (Wildman–Crippen MR) is 92.8 cm³/mol.